The van der Waals surface area contributed by atoms with Crippen molar-refractivity contribution in [1.29, 1.82) is 0 Å². The maximum absolute atomic E-state index is 12.3. The molecule has 2 heterocycles. The summed E-state index contributed by atoms with van der Waals surface area (Å²) in [5.41, 5.74) is 1.11. The summed E-state index contributed by atoms with van der Waals surface area (Å²) in [4.78, 5) is 45.2. The Balaban J connectivity index is 1.88. The fraction of sp³-hybridized carbons (Fsp3) is 0.188. The Labute approximate surface area is 132 Å². The van der Waals surface area contributed by atoms with Gasteiger partial charge in [-0.05, 0) is 38.1 Å². The van der Waals surface area contributed by atoms with E-state index in [1.807, 2.05) is 13.8 Å². The molecule has 0 spiro atoms. The van der Waals surface area contributed by atoms with Gasteiger partial charge in [0, 0.05) is 17.8 Å². The number of hydrogen-bond donors (Lipinski definition) is 1. The second-order valence-corrected chi connectivity index (χ2v) is 5.41. The van der Waals surface area contributed by atoms with Gasteiger partial charge in [-0.25, -0.2) is 14.9 Å². The van der Waals surface area contributed by atoms with E-state index in [0.717, 1.165) is 4.90 Å². The molecule has 7 nitrogen and oxygen atoms in total. The highest BCUT2D eigenvalue weighted by Gasteiger charge is 2.38. The van der Waals surface area contributed by atoms with Crippen LogP contribution in [0.4, 0.5) is 5.69 Å². The lowest BCUT2D eigenvalue weighted by Crippen LogP contribution is -2.31. The highest BCUT2D eigenvalue weighted by Crippen LogP contribution is 2.26. The smallest absolute Gasteiger partial charge is 0.284 e. The van der Waals surface area contributed by atoms with Gasteiger partial charge in [0.25, 0.3) is 17.7 Å². The van der Waals surface area contributed by atoms with E-state index in [1.165, 1.54) is 12.5 Å². The van der Waals surface area contributed by atoms with E-state index in [2.05, 4.69) is 15.3 Å². The highest BCUT2D eigenvalue weighted by atomic mass is 16.2. The molecule has 0 atom stereocenters. The molecule has 3 rings (SSSR count). The van der Waals surface area contributed by atoms with E-state index in [1.54, 1.807) is 24.3 Å². The Hall–Kier alpha value is -3.09. The first-order valence-corrected chi connectivity index (χ1v) is 7.08. The molecule has 0 radical (unpaired) electrons. The fourth-order valence-electron chi connectivity index (χ4n) is 2.32. The minimum atomic E-state index is -0.494. The van der Waals surface area contributed by atoms with Crippen LogP contribution in [0.1, 0.15) is 45.1 Å². The predicted octanol–water partition coefficient (Wildman–Crippen LogP) is 1.42. The van der Waals surface area contributed by atoms with Crippen LogP contribution < -0.4 is 10.2 Å². The summed E-state index contributed by atoms with van der Waals surface area (Å²) in [5, 5.41) is 2.78. The van der Waals surface area contributed by atoms with E-state index in [-0.39, 0.29) is 23.2 Å². The van der Waals surface area contributed by atoms with Crippen molar-refractivity contribution in [3.8, 4) is 0 Å². The standard InChI is InChI=1S/C16H14N4O3/c1-9(2)19-14(21)10-3-5-11(6-4-10)20-15(22)12-7-17-8-18-13(12)16(20)23/h3-9H,1-2H3,(H,19,21). The molecule has 7 heteroatoms. The number of anilines is 1. The molecule has 116 valence electrons. The number of nitrogens with zero attached hydrogens (tertiary/aromatic N) is 3. The van der Waals surface area contributed by atoms with Gasteiger partial charge in [0.2, 0.25) is 0 Å². The maximum Gasteiger partial charge on any atom is 0.284 e. The van der Waals surface area contributed by atoms with Crippen LogP contribution in [-0.4, -0.2) is 33.7 Å². The average molecular weight is 310 g/mol. The summed E-state index contributed by atoms with van der Waals surface area (Å²) in [5.74, 6) is -1.17. The number of carbonyl (C=O) groups is 3. The minimum Gasteiger partial charge on any atom is -0.350 e. The molecule has 1 aromatic carbocycles. The van der Waals surface area contributed by atoms with Gasteiger partial charge < -0.3 is 5.32 Å². The Morgan fingerprint density at radius 3 is 2.43 bits per heavy atom. The number of hydrogen-bond acceptors (Lipinski definition) is 5. The molecule has 0 aliphatic carbocycles. The first-order chi connectivity index (χ1) is 11.0. The number of aromatic nitrogens is 2. The second-order valence-electron chi connectivity index (χ2n) is 5.41. The molecule has 1 aromatic heterocycles. The summed E-state index contributed by atoms with van der Waals surface area (Å²) >= 11 is 0. The topological polar surface area (TPSA) is 92.3 Å². The van der Waals surface area contributed by atoms with Crippen LogP contribution >= 0.6 is 0 Å². The van der Waals surface area contributed by atoms with Gasteiger partial charge >= 0.3 is 0 Å². The summed E-state index contributed by atoms with van der Waals surface area (Å²) in [7, 11) is 0. The Morgan fingerprint density at radius 1 is 1.13 bits per heavy atom. The van der Waals surface area contributed by atoms with Crippen molar-refractivity contribution in [3.63, 3.8) is 0 Å². The van der Waals surface area contributed by atoms with Gasteiger partial charge in [0.15, 0.2) is 0 Å². The SMILES string of the molecule is CC(C)NC(=O)c1ccc(N2C(=O)c3cncnc3C2=O)cc1. The van der Waals surface area contributed by atoms with Crippen molar-refractivity contribution in [2.75, 3.05) is 4.90 Å². The van der Waals surface area contributed by atoms with E-state index < -0.39 is 11.8 Å². The summed E-state index contributed by atoms with van der Waals surface area (Å²) in [6.07, 6.45) is 2.56. The lowest BCUT2D eigenvalue weighted by Gasteiger charge is -2.14. The molecule has 0 bridgehead atoms. The quantitative estimate of drug-likeness (QED) is 0.865. The first-order valence-electron chi connectivity index (χ1n) is 7.08. The van der Waals surface area contributed by atoms with Crippen LogP contribution in [0.3, 0.4) is 0 Å². The largest absolute Gasteiger partial charge is 0.350 e. The fourth-order valence-corrected chi connectivity index (χ4v) is 2.32. The molecule has 2 aromatic rings. The van der Waals surface area contributed by atoms with Crippen LogP contribution in [0.2, 0.25) is 0 Å². The molecular formula is C16H14N4O3. The average Bonchev–Trinajstić information content (AvgIpc) is 2.79. The van der Waals surface area contributed by atoms with E-state index in [9.17, 15) is 14.4 Å². The van der Waals surface area contributed by atoms with Gasteiger partial charge in [-0.1, -0.05) is 0 Å². The maximum atomic E-state index is 12.3. The Morgan fingerprint density at radius 2 is 1.83 bits per heavy atom. The van der Waals surface area contributed by atoms with Crippen LogP contribution in [0, 0.1) is 0 Å². The van der Waals surface area contributed by atoms with Crippen molar-refractivity contribution >= 4 is 23.4 Å². The third-order valence-corrected chi connectivity index (χ3v) is 3.36. The number of carbonyl (C=O) groups excluding carboxylic acids is 3. The number of nitrogens with one attached hydrogen (secondary N) is 1. The first kappa shape index (κ1) is 14.8. The molecule has 3 amide bonds. The van der Waals surface area contributed by atoms with Crippen LogP contribution in [-0.2, 0) is 0 Å². The van der Waals surface area contributed by atoms with Gasteiger partial charge in [0.1, 0.15) is 12.0 Å². The van der Waals surface area contributed by atoms with Crippen LogP contribution in [0.15, 0.2) is 36.8 Å². The molecule has 23 heavy (non-hydrogen) atoms. The number of imide groups is 1. The second kappa shape index (κ2) is 5.60. The van der Waals surface area contributed by atoms with Crippen molar-refractivity contribution in [2.24, 2.45) is 0 Å². The Kier molecular flexibility index (Phi) is 3.61. The summed E-state index contributed by atoms with van der Waals surface area (Å²) in [6.45, 7) is 3.73. The molecule has 1 aliphatic heterocycles. The molecule has 1 N–H and O–H groups in total. The van der Waals surface area contributed by atoms with E-state index in [0.29, 0.717) is 11.3 Å². The molecule has 1 aliphatic rings. The molecular weight excluding hydrogens is 296 g/mol. The van der Waals surface area contributed by atoms with Gasteiger partial charge in [0.05, 0.1) is 11.3 Å². The lowest BCUT2D eigenvalue weighted by molar-refractivity contribution is 0.0920. The van der Waals surface area contributed by atoms with Crippen LogP contribution in [0.5, 0.6) is 0 Å². The highest BCUT2D eigenvalue weighted by molar-refractivity contribution is 6.33. The number of fused-ring (bicyclic) bond motifs is 1. The normalized spacial score (nSPS) is 13.4. The zero-order valence-corrected chi connectivity index (χ0v) is 12.6. The third kappa shape index (κ3) is 2.57. The zero-order chi connectivity index (χ0) is 16.6. The zero-order valence-electron chi connectivity index (χ0n) is 12.6. The van der Waals surface area contributed by atoms with Crippen molar-refractivity contribution in [3.05, 3.63) is 53.6 Å². The van der Waals surface area contributed by atoms with E-state index >= 15 is 0 Å². The lowest BCUT2D eigenvalue weighted by atomic mass is 10.1. The van der Waals surface area contributed by atoms with E-state index in [4.69, 9.17) is 0 Å². The van der Waals surface area contributed by atoms with Crippen molar-refractivity contribution < 1.29 is 14.4 Å². The van der Waals surface area contributed by atoms with Crippen molar-refractivity contribution in [1.82, 2.24) is 15.3 Å². The number of amides is 3. The molecule has 0 saturated heterocycles. The predicted molar refractivity (Wildman–Crippen MR) is 82.2 cm³/mol. The Bertz CT molecular complexity index is 764. The number of benzene rings is 1. The third-order valence-electron chi connectivity index (χ3n) is 3.36. The summed E-state index contributed by atoms with van der Waals surface area (Å²) in [6, 6.07) is 6.29. The van der Waals surface area contributed by atoms with Crippen LogP contribution in [0.25, 0.3) is 0 Å². The van der Waals surface area contributed by atoms with Gasteiger partial charge in [-0.3, -0.25) is 14.4 Å². The van der Waals surface area contributed by atoms with Gasteiger partial charge in [-0.2, -0.15) is 0 Å². The molecule has 0 saturated carbocycles. The molecule has 0 fully saturated rings. The van der Waals surface area contributed by atoms with Gasteiger partial charge in [-0.15, -0.1) is 0 Å². The summed E-state index contributed by atoms with van der Waals surface area (Å²) < 4.78 is 0. The number of rotatable bonds is 3. The monoisotopic (exact) mass is 310 g/mol. The van der Waals surface area contributed by atoms with Crippen molar-refractivity contribution in [2.45, 2.75) is 19.9 Å². The molecule has 0 unspecified atom stereocenters. The minimum absolute atomic E-state index is 0.0250.